The second-order valence-corrected chi connectivity index (χ2v) is 4.06. The minimum atomic E-state index is -0.169. The third-order valence-electron chi connectivity index (χ3n) is 3.00. The molecular weight excluding hydrogens is 224 g/mol. The van der Waals surface area contributed by atoms with Crippen molar-refractivity contribution in [3.8, 4) is 0 Å². The molecule has 0 fully saturated rings. The van der Waals surface area contributed by atoms with E-state index in [9.17, 15) is 4.79 Å². The molecule has 0 bridgehead atoms. The third kappa shape index (κ3) is 1.67. The molecule has 18 heavy (non-hydrogen) atoms. The lowest BCUT2D eigenvalue weighted by atomic mass is 9.86. The molecule has 86 valence electrons. The van der Waals surface area contributed by atoms with Crippen LogP contribution in [0.4, 0.5) is 5.69 Å². The van der Waals surface area contributed by atoms with E-state index < -0.39 is 0 Å². The van der Waals surface area contributed by atoms with Crippen molar-refractivity contribution in [2.75, 3.05) is 0 Å². The Balaban J connectivity index is 2.22. The number of para-hydroxylation sites is 1. The van der Waals surface area contributed by atoms with Crippen LogP contribution >= 0.6 is 0 Å². The van der Waals surface area contributed by atoms with Gasteiger partial charge in [-0.3, -0.25) is 9.98 Å². The van der Waals surface area contributed by atoms with Crippen LogP contribution in [0.25, 0.3) is 0 Å². The zero-order chi connectivity index (χ0) is 12.4. The first kappa shape index (κ1) is 10.6. The Kier molecular flexibility index (Phi) is 2.60. The number of hydrogen-bond acceptors (Lipinski definition) is 3. The molecule has 2 aromatic rings. The number of hydrogen-bond donors (Lipinski definition) is 0. The molecule has 1 aromatic carbocycles. The number of carbonyl (C=O) groups excluding carboxylic acids is 1. The fraction of sp³-hybridized carbons (Fsp3) is 0.0667. The molecule has 0 saturated heterocycles. The SMILES string of the molecule is O=C=C1C=Nc2ccccc2C1c1ccccn1. The molecule has 3 nitrogen and oxygen atoms in total. The van der Waals surface area contributed by atoms with Crippen LogP contribution in [0, 0.1) is 0 Å². The first-order valence-electron chi connectivity index (χ1n) is 5.69. The molecule has 0 N–H and O–H groups in total. The van der Waals surface area contributed by atoms with Crippen LogP contribution in [0.5, 0.6) is 0 Å². The second kappa shape index (κ2) is 4.40. The average molecular weight is 234 g/mol. The van der Waals surface area contributed by atoms with E-state index in [0.717, 1.165) is 16.9 Å². The number of fused-ring (bicyclic) bond motifs is 1. The van der Waals surface area contributed by atoms with Gasteiger partial charge < -0.3 is 0 Å². The van der Waals surface area contributed by atoms with Gasteiger partial charge in [-0.05, 0) is 23.8 Å². The fourth-order valence-electron chi connectivity index (χ4n) is 2.18. The maximum Gasteiger partial charge on any atom is 0.130 e. The number of pyridine rings is 1. The highest BCUT2D eigenvalue weighted by Crippen LogP contribution is 2.37. The first-order chi connectivity index (χ1) is 8.90. The monoisotopic (exact) mass is 234 g/mol. The zero-order valence-corrected chi connectivity index (χ0v) is 9.58. The maximum absolute atomic E-state index is 11.1. The molecule has 1 aliphatic rings. The second-order valence-electron chi connectivity index (χ2n) is 4.06. The Hall–Kier alpha value is -2.51. The van der Waals surface area contributed by atoms with Crippen LogP contribution in [0.2, 0.25) is 0 Å². The van der Waals surface area contributed by atoms with Gasteiger partial charge in [0.15, 0.2) is 0 Å². The molecular formula is C15H10N2O. The first-order valence-corrected chi connectivity index (χ1v) is 5.69. The van der Waals surface area contributed by atoms with E-state index in [-0.39, 0.29) is 5.92 Å². The number of aromatic nitrogens is 1. The highest BCUT2D eigenvalue weighted by Gasteiger charge is 2.25. The summed E-state index contributed by atoms with van der Waals surface area (Å²) in [5.41, 5.74) is 3.24. The normalized spacial score (nSPS) is 17.1. The summed E-state index contributed by atoms with van der Waals surface area (Å²) in [5.74, 6) is 1.80. The molecule has 0 radical (unpaired) electrons. The molecule has 0 aliphatic carbocycles. The average Bonchev–Trinajstić information content (AvgIpc) is 2.47. The smallest absolute Gasteiger partial charge is 0.130 e. The van der Waals surface area contributed by atoms with Gasteiger partial charge in [0.1, 0.15) is 5.94 Å². The molecule has 1 unspecified atom stereocenters. The van der Waals surface area contributed by atoms with Crippen LogP contribution in [0.3, 0.4) is 0 Å². The molecule has 0 spiro atoms. The van der Waals surface area contributed by atoms with Gasteiger partial charge in [-0.15, -0.1) is 0 Å². The van der Waals surface area contributed by atoms with Crippen LogP contribution in [0.1, 0.15) is 17.2 Å². The van der Waals surface area contributed by atoms with Crippen LogP contribution in [-0.4, -0.2) is 17.1 Å². The Morgan fingerprint density at radius 2 is 1.89 bits per heavy atom. The molecule has 3 heteroatoms. The summed E-state index contributed by atoms with van der Waals surface area (Å²) in [4.78, 5) is 19.7. The number of allylic oxidation sites excluding steroid dienone is 1. The van der Waals surface area contributed by atoms with E-state index in [1.54, 1.807) is 12.4 Å². The summed E-state index contributed by atoms with van der Waals surface area (Å²) >= 11 is 0. The highest BCUT2D eigenvalue weighted by molar-refractivity contribution is 5.96. The van der Waals surface area contributed by atoms with Crippen molar-refractivity contribution in [2.24, 2.45) is 4.99 Å². The minimum Gasteiger partial charge on any atom is -0.260 e. The van der Waals surface area contributed by atoms with Crippen molar-refractivity contribution in [3.05, 3.63) is 65.5 Å². The van der Waals surface area contributed by atoms with Crippen molar-refractivity contribution in [3.63, 3.8) is 0 Å². The van der Waals surface area contributed by atoms with E-state index >= 15 is 0 Å². The molecule has 1 aliphatic heterocycles. The summed E-state index contributed by atoms with van der Waals surface area (Å²) in [7, 11) is 0. The molecule has 3 rings (SSSR count). The van der Waals surface area contributed by atoms with Gasteiger partial charge in [0.2, 0.25) is 0 Å². The van der Waals surface area contributed by atoms with Gasteiger partial charge in [0, 0.05) is 12.4 Å². The van der Waals surface area contributed by atoms with Crippen LogP contribution in [-0.2, 0) is 4.79 Å². The Morgan fingerprint density at radius 3 is 2.67 bits per heavy atom. The summed E-state index contributed by atoms with van der Waals surface area (Å²) < 4.78 is 0. The molecule has 0 saturated carbocycles. The predicted molar refractivity (Wildman–Crippen MR) is 69.9 cm³/mol. The van der Waals surface area contributed by atoms with Gasteiger partial charge >= 0.3 is 0 Å². The van der Waals surface area contributed by atoms with Gasteiger partial charge in [-0.25, -0.2) is 4.79 Å². The highest BCUT2D eigenvalue weighted by atomic mass is 16.1. The van der Waals surface area contributed by atoms with E-state index in [1.807, 2.05) is 48.4 Å². The Labute approximate surface area is 105 Å². The number of nitrogens with zero attached hydrogens (tertiary/aromatic N) is 2. The van der Waals surface area contributed by atoms with Crippen LogP contribution in [0.15, 0.2) is 59.2 Å². The largest absolute Gasteiger partial charge is 0.260 e. The van der Waals surface area contributed by atoms with Crippen molar-refractivity contribution in [1.29, 1.82) is 0 Å². The lowest BCUT2D eigenvalue weighted by Gasteiger charge is -2.20. The van der Waals surface area contributed by atoms with E-state index in [0.29, 0.717) is 5.57 Å². The fourth-order valence-corrected chi connectivity index (χ4v) is 2.18. The van der Waals surface area contributed by atoms with E-state index in [1.165, 1.54) is 0 Å². The Bertz CT molecular complexity index is 655. The summed E-state index contributed by atoms with van der Waals surface area (Å²) in [6.07, 6.45) is 3.31. The summed E-state index contributed by atoms with van der Waals surface area (Å²) in [5, 5.41) is 0. The zero-order valence-electron chi connectivity index (χ0n) is 9.58. The van der Waals surface area contributed by atoms with Gasteiger partial charge in [0.05, 0.1) is 22.9 Å². The molecule has 1 atom stereocenters. The van der Waals surface area contributed by atoms with Crippen molar-refractivity contribution in [2.45, 2.75) is 5.92 Å². The molecule has 1 aromatic heterocycles. The third-order valence-corrected chi connectivity index (χ3v) is 3.00. The standard InChI is InChI=1S/C15H10N2O/c18-10-11-9-17-13-6-2-1-5-12(13)15(11)14-7-3-4-8-16-14/h1-9,15H. The van der Waals surface area contributed by atoms with Gasteiger partial charge in [-0.2, -0.15) is 0 Å². The van der Waals surface area contributed by atoms with E-state index in [2.05, 4.69) is 9.98 Å². The topological polar surface area (TPSA) is 42.3 Å². The lowest BCUT2D eigenvalue weighted by molar-refractivity contribution is 0.566. The van der Waals surface area contributed by atoms with Gasteiger partial charge in [0.25, 0.3) is 0 Å². The number of aliphatic imine (C=N–C) groups is 1. The summed E-state index contributed by atoms with van der Waals surface area (Å²) in [6, 6.07) is 13.5. The molecule has 0 amide bonds. The minimum absolute atomic E-state index is 0.169. The van der Waals surface area contributed by atoms with Crippen molar-refractivity contribution < 1.29 is 4.79 Å². The van der Waals surface area contributed by atoms with E-state index in [4.69, 9.17) is 0 Å². The Morgan fingerprint density at radius 1 is 1.06 bits per heavy atom. The van der Waals surface area contributed by atoms with Crippen molar-refractivity contribution >= 4 is 17.8 Å². The quantitative estimate of drug-likeness (QED) is 0.712. The van der Waals surface area contributed by atoms with Crippen molar-refractivity contribution in [1.82, 2.24) is 4.98 Å². The van der Waals surface area contributed by atoms with Crippen LogP contribution < -0.4 is 0 Å². The predicted octanol–water partition coefficient (Wildman–Crippen LogP) is 2.69. The lowest BCUT2D eigenvalue weighted by Crippen LogP contribution is -2.11. The molecule has 2 heterocycles. The maximum atomic E-state index is 11.1. The number of benzene rings is 1. The number of rotatable bonds is 1. The van der Waals surface area contributed by atoms with Gasteiger partial charge in [-0.1, -0.05) is 24.3 Å². The summed E-state index contributed by atoms with van der Waals surface area (Å²) in [6.45, 7) is 0.